The molecule has 0 saturated heterocycles. The van der Waals surface area contributed by atoms with Gasteiger partial charge in [0.1, 0.15) is 0 Å². The number of nitrogens with one attached hydrogen (secondary N) is 1. The van der Waals surface area contributed by atoms with Gasteiger partial charge in [0.15, 0.2) is 11.5 Å². The molecule has 2 aromatic rings. The maximum Gasteiger partial charge on any atom is 0.258 e. The predicted octanol–water partition coefficient (Wildman–Crippen LogP) is 2.97. The normalized spacial score (nSPS) is 15.3. The van der Waals surface area contributed by atoms with Crippen molar-refractivity contribution >= 4 is 39.4 Å². The van der Waals surface area contributed by atoms with E-state index in [0.717, 1.165) is 0 Å². The van der Waals surface area contributed by atoms with E-state index in [1.807, 2.05) is 0 Å². The van der Waals surface area contributed by atoms with Crippen molar-refractivity contribution in [1.29, 1.82) is 0 Å². The molecule has 3 rings (SSSR count). The topological polar surface area (TPSA) is 75.6 Å². The Kier molecular flexibility index (Phi) is 3.92. The number of halogens is 1. The lowest BCUT2D eigenvalue weighted by Gasteiger charge is -2.18. The highest BCUT2D eigenvalue weighted by Crippen LogP contribution is 2.36. The molecule has 5 nitrogen and oxygen atoms in total. The number of aromatic hydroxyl groups is 1. The number of hydrogen-bond acceptors (Lipinski definition) is 4. The first-order valence-corrected chi connectivity index (χ1v) is 7.54. The van der Waals surface area contributed by atoms with Crippen LogP contribution in [-0.4, -0.2) is 24.0 Å². The maximum atomic E-state index is 12.2. The Morgan fingerprint density at radius 3 is 2.52 bits per heavy atom. The fraction of sp³-hybridized carbons (Fsp3) is 0.0588. The minimum Gasteiger partial charge on any atom is -0.503 e. The number of methoxy groups -OCH3 is 1. The number of ether oxygens (including phenoxy) is 1. The first-order valence-electron chi connectivity index (χ1n) is 6.74. The van der Waals surface area contributed by atoms with Crippen molar-refractivity contribution in [3.63, 3.8) is 0 Å². The standard InChI is InChI=1S/C17H12BrNO4/c1-23-14-8-9(7-13(18)15(14)20)6-12-10-4-2-3-5-11(10)16(21)19-17(12)22/h2-8,20H,1H3,(H,19,21,22)/b12-6+. The van der Waals surface area contributed by atoms with Gasteiger partial charge in [0.05, 0.1) is 11.6 Å². The number of imide groups is 1. The third kappa shape index (κ3) is 2.73. The third-order valence-corrected chi connectivity index (χ3v) is 4.12. The number of phenolic OH excluding ortho intramolecular Hbond substituents is 1. The number of phenols is 1. The summed E-state index contributed by atoms with van der Waals surface area (Å²) in [6.07, 6.45) is 1.65. The van der Waals surface area contributed by atoms with Crippen LogP contribution in [0.15, 0.2) is 40.9 Å². The van der Waals surface area contributed by atoms with Crippen molar-refractivity contribution in [3.05, 3.63) is 57.6 Å². The Balaban J connectivity index is 2.16. The van der Waals surface area contributed by atoms with Gasteiger partial charge in [-0.2, -0.15) is 0 Å². The molecule has 0 saturated carbocycles. The second kappa shape index (κ2) is 5.89. The van der Waals surface area contributed by atoms with Gasteiger partial charge in [0.2, 0.25) is 0 Å². The Labute approximate surface area is 140 Å². The minimum absolute atomic E-state index is 0.0154. The van der Waals surface area contributed by atoms with Crippen LogP contribution >= 0.6 is 15.9 Å². The van der Waals surface area contributed by atoms with Crippen molar-refractivity contribution in [3.8, 4) is 11.5 Å². The summed E-state index contributed by atoms with van der Waals surface area (Å²) in [6.45, 7) is 0. The number of fused-ring (bicyclic) bond motifs is 1. The SMILES string of the molecule is COc1cc(/C=C2/C(=O)NC(=O)c3ccccc32)cc(Br)c1O. The zero-order chi connectivity index (χ0) is 16.6. The van der Waals surface area contributed by atoms with Gasteiger partial charge < -0.3 is 9.84 Å². The summed E-state index contributed by atoms with van der Waals surface area (Å²) in [4.78, 5) is 24.1. The van der Waals surface area contributed by atoms with Crippen LogP contribution in [0.25, 0.3) is 11.6 Å². The van der Waals surface area contributed by atoms with Gasteiger partial charge in [0.25, 0.3) is 11.8 Å². The van der Waals surface area contributed by atoms with Crippen LogP contribution < -0.4 is 10.1 Å². The molecule has 1 heterocycles. The van der Waals surface area contributed by atoms with E-state index in [4.69, 9.17) is 4.74 Å². The number of carbonyl (C=O) groups excluding carboxylic acids is 2. The quantitative estimate of drug-likeness (QED) is 0.626. The summed E-state index contributed by atoms with van der Waals surface area (Å²) in [5, 5.41) is 12.2. The van der Waals surface area contributed by atoms with E-state index in [9.17, 15) is 14.7 Å². The Hall–Kier alpha value is -2.60. The summed E-state index contributed by atoms with van der Waals surface area (Å²) in [7, 11) is 1.44. The minimum atomic E-state index is -0.461. The van der Waals surface area contributed by atoms with Crippen molar-refractivity contribution in [1.82, 2.24) is 5.32 Å². The molecule has 1 aliphatic rings. The van der Waals surface area contributed by atoms with E-state index >= 15 is 0 Å². The number of rotatable bonds is 2. The van der Waals surface area contributed by atoms with Crippen molar-refractivity contribution < 1.29 is 19.4 Å². The summed E-state index contributed by atoms with van der Waals surface area (Å²) in [6, 6.07) is 10.2. The zero-order valence-corrected chi connectivity index (χ0v) is 13.7. The second-order valence-corrected chi connectivity index (χ2v) is 5.79. The first kappa shape index (κ1) is 15.3. The summed E-state index contributed by atoms with van der Waals surface area (Å²) in [5.74, 6) is -0.603. The average Bonchev–Trinajstić information content (AvgIpc) is 2.54. The number of hydrogen-bond donors (Lipinski definition) is 2. The molecule has 6 heteroatoms. The Morgan fingerprint density at radius 2 is 1.83 bits per heavy atom. The molecule has 0 atom stereocenters. The van der Waals surface area contributed by atoms with Gasteiger partial charge in [-0.3, -0.25) is 14.9 Å². The lowest BCUT2D eigenvalue weighted by atomic mass is 9.93. The van der Waals surface area contributed by atoms with Gasteiger partial charge in [-0.1, -0.05) is 18.2 Å². The van der Waals surface area contributed by atoms with E-state index in [2.05, 4.69) is 21.2 Å². The first-order chi connectivity index (χ1) is 11.0. The predicted molar refractivity (Wildman–Crippen MR) is 89.1 cm³/mol. The van der Waals surface area contributed by atoms with E-state index in [1.165, 1.54) is 7.11 Å². The molecule has 0 spiro atoms. The van der Waals surface area contributed by atoms with Gasteiger partial charge >= 0.3 is 0 Å². The Morgan fingerprint density at radius 1 is 1.13 bits per heavy atom. The molecule has 116 valence electrons. The maximum absolute atomic E-state index is 12.2. The van der Waals surface area contributed by atoms with Crippen molar-refractivity contribution in [2.75, 3.05) is 7.11 Å². The molecule has 0 aliphatic carbocycles. The van der Waals surface area contributed by atoms with Gasteiger partial charge in [-0.15, -0.1) is 0 Å². The molecular weight excluding hydrogens is 362 g/mol. The highest BCUT2D eigenvalue weighted by atomic mass is 79.9. The lowest BCUT2D eigenvalue weighted by Crippen LogP contribution is -2.36. The number of benzene rings is 2. The van der Waals surface area contributed by atoms with Crippen LogP contribution in [-0.2, 0) is 4.79 Å². The van der Waals surface area contributed by atoms with Crippen LogP contribution in [0.4, 0.5) is 0 Å². The largest absolute Gasteiger partial charge is 0.503 e. The van der Waals surface area contributed by atoms with Crippen LogP contribution in [0.5, 0.6) is 11.5 Å². The molecule has 2 N–H and O–H groups in total. The second-order valence-electron chi connectivity index (χ2n) is 4.94. The molecule has 0 aromatic heterocycles. The van der Waals surface area contributed by atoms with E-state index in [1.54, 1.807) is 42.5 Å². The molecular formula is C17H12BrNO4. The fourth-order valence-electron chi connectivity index (χ4n) is 2.42. The smallest absolute Gasteiger partial charge is 0.258 e. The fourth-order valence-corrected chi connectivity index (χ4v) is 2.88. The van der Waals surface area contributed by atoms with Crippen LogP contribution in [0, 0.1) is 0 Å². The highest BCUT2D eigenvalue weighted by Gasteiger charge is 2.26. The number of amides is 2. The van der Waals surface area contributed by atoms with Crippen molar-refractivity contribution in [2.45, 2.75) is 0 Å². The molecule has 2 amide bonds. The van der Waals surface area contributed by atoms with Crippen LogP contribution in [0.2, 0.25) is 0 Å². The summed E-state index contributed by atoms with van der Waals surface area (Å²) >= 11 is 3.25. The molecule has 23 heavy (non-hydrogen) atoms. The Bertz CT molecular complexity index is 858. The summed E-state index contributed by atoms with van der Waals surface area (Å²) in [5.41, 5.74) is 2.05. The highest BCUT2D eigenvalue weighted by molar-refractivity contribution is 9.10. The average molecular weight is 374 g/mol. The monoisotopic (exact) mass is 373 g/mol. The molecule has 0 fully saturated rings. The van der Waals surface area contributed by atoms with Crippen LogP contribution in [0.1, 0.15) is 21.5 Å². The van der Waals surface area contributed by atoms with Crippen LogP contribution in [0.3, 0.4) is 0 Å². The lowest BCUT2D eigenvalue weighted by molar-refractivity contribution is -0.114. The van der Waals surface area contributed by atoms with E-state index < -0.39 is 11.8 Å². The van der Waals surface area contributed by atoms with E-state index in [-0.39, 0.29) is 11.5 Å². The molecule has 0 bridgehead atoms. The van der Waals surface area contributed by atoms with Gasteiger partial charge in [-0.05, 0) is 51.3 Å². The van der Waals surface area contributed by atoms with Gasteiger partial charge in [-0.25, -0.2) is 0 Å². The van der Waals surface area contributed by atoms with Crippen molar-refractivity contribution in [2.24, 2.45) is 0 Å². The summed E-state index contributed by atoms with van der Waals surface area (Å²) < 4.78 is 5.55. The number of carbonyl (C=O) groups is 2. The molecule has 2 aromatic carbocycles. The zero-order valence-electron chi connectivity index (χ0n) is 12.1. The van der Waals surface area contributed by atoms with E-state index in [0.29, 0.717) is 26.7 Å². The molecule has 0 unspecified atom stereocenters. The van der Waals surface area contributed by atoms with Gasteiger partial charge in [0, 0.05) is 11.1 Å². The molecule has 1 aliphatic heterocycles. The third-order valence-electron chi connectivity index (χ3n) is 3.52. The molecule has 0 radical (unpaired) electrons.